The van der Waals surface area contributed by atoms with Crippen LogP contribution in [0.2, 0.25) is 0 Å². The van der Waals surface area contributed by atoms with Gasteiger partial charge in [0.25, 0.3) is 0 Å². The van der Waals surface area contributed by atoms with Gasteiger partial charge in [-0.3, -0.25) is 0 Å². The molecule has 0 bridgehead atoms. The fourth-order valence-corrected chi connectivity index (χ4v) is 3.69. The monoisotopic (exact) mass is 274 g/mol. The average Bonchev–Trinajstić information content (AvgIpc) is 2.89. The molecule has 0 radical (unpaired) electrons. The number of amidine groups is 1. The summed E-state index contributed by atoms with van der Waals surface area (Å²) < 4.78 is 0. The summed E-state index contributed by atoms with van der Waals surface area (Å²) in [4.78, 5) is 7.08. The number of aryl methyl sites for hydroxylation is 1. The second-order valence-corrected chi connectivity index (χ2v) is 5.93. The first-order valence-corrected chi connectivity index (χ1v) is 7.42. The molecule has 2 aliphatic rings. The average molecular weight is 274 g/mol. The predicted molar refractivity (Wildman–Crippen MR) is 79.2 cm³/mol. The first kappa shape index (κ1) is 13.2. The van der Waals surface area contributed by atoms with Crippen molar-refractivity contribution in [2.75, 3.05) is 11.4 Å². The minimum atomic E-state index is 0.149. The maximum absolute atomic E-state index is 8.85. The van der Waals surface area contributed by atoms with Crippen molar-refractivity contribution in [2.45, 2.75) is 45.1 Å². The number of fused-ring (bicyclic) bond motifs is 1. The van der Waals surface area contributed by atoms with Crippen molar-refractivity contribution in [3.05, 3.63) is 23.4 Å². The number of anilines is 1. The van der Waals surface area contributed by atoms with Crippen molar-refractivity contribution >= 4 is 11.7 Å². The lowest BCUT2D eigenvalue weighted by Crippen LogP contribution is -2.35. The Labute approximate surface area is 119 Å². The molecule has 2 unspecified atom stereocenters. The summed E-state index contributed by atoms with van der Waals surface area (Å²) in [6.45, 7) is 3.02. The van der Waals surface area contributed by atoms with E-state index in [1.54, 1.807) is 0 Å². The quantitative estimate of drug-likeness (QED) is 0.375. The fraction of sp³-hybridized carbons (Fsp3) is 0.600. The lowest BCUT2D eigenvalue weighted by Gasteiger charge is -2.32. The molecular formula is C15H22N4O. The van der Waals surface area contributed by atoms with Crippen molar-refractivity contribution < 1.29 is 5.21 Å². The van der Waals surface area contributed by atoms with E-state index in [0.29, 0.717) is 6.04 Å². The number of nitrogens with zero attached hydrogens (tertiary/aromatic N) is 3. The predicted octanol–water partition coefficient (Wildman–Crippen LogP) is 2.25. The summed E-state index contributed by atoms with van der Waals surface area (Å²) in [6, 6.07) is 4.42. The van der Waals surface area contributed by atoms with Gasteiger partial charge in [-0.15, -0.1) is 0 Å². The summed E-state index contributed by atoms with van der Waals surface area (Å²) in [5.74, 6) is 1.94. The molecule has 1 aliphatic carbocycles. The molecule has 1 saturated heterocycles. The van der Waals surface area contributed by atoms with E-state index < -0.39 is 0 Å². The van der Waals surface area contributed by atoms with E-state index in [-0.39, 0.29) is 5.84 Å². The summed E-state index contributed by atoms with van der Waals surface area (Å²) in [5.41, 5.74) is 7.37. The smallest absolute Gasteiger partial charge is 0.170 e. The largest absolute Gasteiger partial charge is 0.409 e. The highest BCUT2D eigenvalue weighted by Gasteiger charge is 2.36. The normalized spacial score (nSPS) is 26.6. The van der Waals surface area contributed by atoms with Crippen molar-refractivity contribution in [1.29, 1.82) is 0 Å². The molecule has 5 heteroatoms. The first-order valence-electron chi connectivity index (χ1n) is 7.42. The Bertz CT molecular complexity index is 529. The lowest BCUT2D eigenvalue weighted by molar-refractivity contribution is 0.318. The first-order chi connectivity index (χ1) is 9.69. The minimum absolute atomic E-state index is 0.149. The zero-order chi connectivity index (χ0) is 14.1. The molecule has 1 aromatic heterocycles. The van der Waals surface area contributed by atoms with E-state index in [1.165, 1.54) is 32.1 Å². The SMILES string of the molecule is Cc1cc(/C(N)=N/O)cc(N2CCC3CCCCC32)n1. The van der Waals surface area contributed by atoms with E-state index in [1.807, 2.05) is 19.1 Å². The van der Waals surface area contributed by atoms with Gasteiger partial charge in [-0.1, -0.05) is 18.0 Å². The Morgan fingerprint density at radius 3 is 2.95 bits per heavy atom. The maximum atomic E-state index is 8.85. The molecule has 20 heavy (non-hydrogen) atoms. The number of oxime groups is 1. The van der Waals surface area contributed by atoms with Crippen LogP contribution < -0.4 is 10.6 Å². The van der Waals surface area contributed by atoms with Crippen LogP contribution in [0.25, 0.3) is 0 Å². The van der Waals surface area contributed by atoms with E-state index >= 15 is 0 Å². The molecule has 3 rings (SSSR count). The van der Waals surface area contributed by atoms with E-state index in [4.69, 9.17) is 10.9 Å². The fourth-order valence-electron chi connectivity index (χ4n) is 3.69. The second kappa shape index (κ2) is 5.31. The lowest BCUT2D eigenvalue weighted by atomic mass is 9.85. The van der Waals surface area contributed by atoms with E-state index in [0.717, 1.165) is 29.5 Å². The third kappa shape index (κ3) is 2.32. The second-order valence-electron chi connectivity index (χ2n) is 5.93. The number of hydrogen-bond donors (Lipinski definition) is 2. The Morgan fingerprint density at radius 1 is 1.35 bits per heavy atom. The number of pyridine rings is 1. The van der Waals surface area contributed by atoms with Gasteiger partial charge in [0.2, 0.25) is 0 Å². The van der Waals surface area contributed by atoms with Gasteiger partial charge in [0, 0.05) is 23.8 Å². The molecule has 108 valence electrons. The molecule has 2 fully saturated rings. The molecule has 2 atom stereocenters. The van der Waals surface area contributed by atoms with Crippen molar-refractivity contribution in [3.8, 4) is 0 Å². The summed E-state index contributed by atoms with van der Waals surface area (Å²) in [7, 11) is 0. The van der Waals surface area contributed by atoms with Crippen LogP contribution in [0.3, 0.4) is 0 Å². The topological polar surface area (TPSA) is 74.7 Å². The van der Waals surface area contributed by atoms with Gasteiger partial charge >= 0.3 is 0 Å². The van der Waals surface area contributed by atoms with Crippen LogP contribution in [0.5, 0.6) is 0 Å². The third-order valence-corrected chi connectivity index (χ3v) is 4.65. The van der Waals surface area contributed by atoms with Gasteiger partial charge in [-0.05, 0) is 44.2 Å². The molecule has 5 nitrogen and oxygen atoms in total. The highest BCUT2D eigenvalue weighted by atomic mass is 16.4. The zero-order valence-electron chi connectivity index (χ0n) is 11.9. The summed E-state index contributed by atoms with van der Waals surface area (Å²) in [5, 5.41) is 11.9. The maximum Gasteiger partial charge on any atom is 0.170 e. The van der Waals surface area contributed by atoms with Crippen molar-refractivity contribution in [2.24, 2.45) is 16.8 Å². The zero-order valence-corrected chi connectivity index (χ0v) is 11.9. The standard InChI is InChI=1S/C15H22N4O/c1-10-8-12(15(16)18-20)9-14(17-10)19-7-6-11-4-2-3-5-13(11)19/h8-9,11,13,20H,2-7H2,1H3,(H2,16,18). The van der Waals surface area contributed by atoms with Gasteiger partial charge in [-0.25, -0.2) is 4.98 Å². The Morgan fingerprint density at radius 2 is 2.15 bits per heavy atom. The Hall–Kier alpha value is -1.78. The highest BCUT2D eigenvalue weighted by molar-refractivity contribution is 5.97. The molecule has 1 saturated carbocycles. The molecule has 0 aromatic carbocycles. The number of aromatic nitrogens is 1. The van der Waals surface area contributed by atoms with Crippen LogP contribution in [0.1, 0.15) is 43.4 Å². The van der Waals surface area contributed by atoms with Crippen LogP contribution in [0, 0.1) is 12.8 Å². The van der Waals surface area contributed by atoms with Gasteiger partial charge in [-0.2, -0.15) is 0 Å². The molecule has 0 amide bonds. The van der Waals surface area contributed by atoms with Crippen molar-refractivity contribution in [3.63, 3.8) is 0 Å². The summed E-state index contributed by atoms with van der Waals surface area (Å²) in [6.07, 6.45) is 6.56. The van der Waals surface area contributed by atoms with Crippen LogP contribution in [-0.4, -0.2) is 28.6 Å². The Kier molecular flexibility index (Phi) is 3.51. The van der Waals surface area contributed by atoms with Crippen LogP contribution in [0.4, 0.5) is 5.82 Å². The molecule has 1 aromatic rings. The van der Waals surface area contributed by atoms with Gasteiger partial charge in [0.1, 0.15) is 5.82 Å². The molecular weight excluding hydrogens is 252 g/mol. The molecule has 0 spiro atoms. The summed E-state index contributed by atoms with van der Waals surface area (Å²) >= 11 is 0. The Balaban J connectivity index is 1.92. The van der Waals surface area contributed by atoms with Crippen molar-refractivity contribution in [1.82, 2.24) is 4.98 Å². The number of rotatable bonds is 2. The van der Waals surface area contributed by atoms with Gasteiger partial charge in [0.05, 0.1) is 0 Å². The molecule has 2 heterocycles. The van der Waals surface area contributed by atoms with Crippen LogP contribution in [-0.2, 0) is 0 Å². The van der Waals surface area contributed by atoms with Crippen LogP contribution in [0.15, 0.2) is 17.3 Å². The molecule has 3 N–H and O–H groups in total. The van der Waals surface area contributed by atoms with Gasteiger partial charge < -0.3 is 15.8 Å². The van der Waals surface area contributed by atoms with Crippen LogP contribution >= 0.6 is 0 Å². The van der Waals surface area contributed by atoms with Gasteiger partial charge in [0.15, 0.2) is 5.84 Å². The van der Waals surface area contributed by atoms with E-state index in [9.17, 15) is 0 Å². The minimum Gasteiger partial charge on any atom is -0.409 e. The highest BCUT2D eigenvalue weighted by Crippen LogP contribution is 2.38. The molecule has 1 aliphatic heterocycles. The number of hydrogen-bond acceptors (Lipinski definition) is 4. The number of nitrogens with two attached hydrogens (primary N) is 1. The third-order valence-electron chi connectivity index (χ3n) is 4.65. The van der Waals surface area contributed by atoms with E-state index in [2.05, 4.69) is 15.0 Å².